The van der Waals surface area contributed by atoms with Gasteiger partial charge in [-0.05, 0) is 6.54 Å². The highest BCUT2D eigenvalue weighted by Crippen LogP contribution is 2.29. The predicted molar refractivity (Wildman–Crippen MR) is 71.6 cm³/mol. The highest BCUT2D eigenvalue weighted by molar-refractivity contribution is 7.09. The van der Waals surface area contributed by atoms with Gasteiger partial charge in [0.25, 0.3) is 0 Å². The van der Waals surface area contributed by atoms with Gasteiger partial charge in [-0.3, -0.25) is 4.90 Å². The highest BCUT2D eigenvalue weighted by Gasteiger charge is 2.25. The summed E-state index contributed by atoms with van der Waals surface area (Å²) < 4.78 is 5.83. The Morgan fingerprint density at radius 3 is 2.88 bits per heavy atom. The van der Waals surface area contributed by atoms with Gasteiger partial charge < -0.3 is 4.74 Å². The van der Waals surface area contributed by atoms with Crippen molar-refractivity contribution in [1.82, 2.24) is 9.88 Å². The number of hydrogen-bond donors (Lipinski definition) is 0. The van der Waals surface area contributed by atoms with E-state index in [1.165, 1.54) is 5.69 Å². The molecule has 1 unspecified atom stereocenters. The summed E-state index contributed by atoms with van der Waals surface area (Å²) in [5.74, 6) is 0. The first kappa shape index (κ1) is 13.0. The van der Waals surface area contributed by atoms with Crippen molar-refractivity contribution < 1.29 is 4.74 Å². The number of thiazole rings is 1. The van der Waals surface area contributed by atoms with Crippen molar-refractivity contribution in [2.75, 3.05) is 26.2 Å². The molecule has 0 saturated carbocycles. The van der Waals surface area contributed by atoms with E-state index in [1.54, 1.807) is 11.3 Å². The Morgan fingerprint density at radius 1 is 1.53 bits per heavy atom. The maximum atomic E-state index is 5.83. The van der Waals surface area contributed by atoms with Crippen molar-refractivity contribution in [3.8, 4) is 0 Å². The second-order valence-electron chi connectivity index (χ2n) is 5.57. The first-order valence-corrected chi connectivity index (χ1v) is 7.18. The van der Waals surface area contributed by atoms with E-state index in [0.717, 1.165) is 31.2 Å². The topological polar surface area (TPSA) is 25.4 Å². The first-order chi connectivity index (χ1) is 8.00. The number of hydrogen-bond acceptors (Lipinski definition) is 4. The minimum atomic E-state index is 0.133. The van der Waals surface area contributed by atoms with Crippen LogP contribution in [0.2, 0.25) is 0 Å². The standard InChI is InChI=1S/C13H22N2OS/c1-5-15-6-7-16-10(8-15)12-14-11(9-17-12)13(2,3)4/h9-10H,5-8H2,1-4H3. The van der Waals surface area contributed by atoms with Crippen molar-refractivity contribution in [1.29, 1.82) is 0 Å². The average molecular weight is 254 g/mol. The van der Waals surface area contributed by atoms with Gasteiger partial charge in [-0.25, -0.2) is 4.98 Å². The lowest BCUT2D eigenvalue weighted by atomic mass is 9.93. The van der Waals surface area contributed by atoms with Crippen molar-refractivity contribution in [3.63, 3.8) is 0 Å². The molecule has 4 heteroatoms. The molecule has 0 amide bonds. The minimum Gasteiger partial charge on any atom is -0.368 e. The van der Waals surface area contributed by atoms with Crippen molar-refractivity contribution >= 4 is 11.3 Å². The van der Waals surface area contributed by atoms with Crippen molar-refractivity contribution in [2.45, 2.75) is 39.2 Å². The number of likely N-dealkylation sites (N-methyl/N-ethyl adjacent to an activating group) is 1. The third kappa shape index (κ3) is 3.06. The lowest BCUT2D eigenvalue weighted by Gasteiger charge is -2.30. The molecule has 0 aromatic carbocycles. The van der Waals surface area contributed by atoms with Crippen LogP contribution in [0, 0.1) is 0 Å². The van der Waals surface area contributed by atoms with Crippen LogP contribution >= 0.6 is 11.3 Å². The maximum Gasteiger partial charge on any atom is 0.123 e. The van der Waals surface area contributed by atoms with E-state index in [2.05, 4.69) is 38.0 Å². The molecule has 96 valence electrons. The summed E-state index contributed by atoms with van der Waals surface area (Å²) in [5.41, 5.74) is 1.31. The number of rotatable bonds is 2. The summed E-state index contributed by atoms with van der Waals surface area (Å²) in [4.78, 5) is 7.16. The van der Waals surface area contributed by atoms with Crippen molar-refractivity contribution in [3.05, 3.63) is 16.1 Å². The smallest absolute Gasteiger partial charge is 0.123 e. The zero-order valence-electron chi connectivity index (χ0n) is 11.2. The predicted octanol–water partition coefficient (Wildman–Crippen LogP) is 2.83. The summed E-state index contributed by atoms with van der Waals surface area (Å²) in [6, 6.07) is 0. The van der Waals surface area contributed by atoms with E-state index >= 15 is 0 Å². The Morgan fingerprint density at radius 2 is 2.29 bits per heavy atom. The van der Waals surface area contributed by atoms with E-state index in [0.29, 0.717) is 0 Å². The first-order valence-electron chi connectivity index (χ1n) is 6.30. The van der Waals surface area contributed by atoms with Gasteiger partial charge in [-0.1, -0.05) is 27.7 Å². The average Bonchev–Trinajstić information content (AvgIpc) is 2.78. The summed E-state index contributed by atoms with van der Waals surface area (Å²) in [5, 5.41) is 3.30. The molecule has 1 aliphatic rings. The molecule has 2 heterocycles. The van der Waals surface area contributed by atoms with E-state index in [1.807, 2.05) is 0 Å². The molecule has 1 aromatic heterocycles. The fraction of sp³-hybridized carbons (Fsp3) is 0.769. The lowest BCUT2D eigenvalue weighted by molar-refractivity contribution is -0.0283. The van der Waals surface area contributed by atoms with Gasteiger partial charge in [0.05, 0.1) is 12.3 Å². The number of ether oxygens (including phenoxy) is 1. The van der Waals surface area contributed by atoms with Crippen molar-refractivity contribution in [2.24, 2.45) is 0 Å². The second kappa shape index (κ2) is 5.04. The van der Waals surface area contributed by atoms with Crippen LogP contribution in [0.15, 0.2) is 5.38 Å². The third-order valence-electron chi connectivity index (χ3n) is 3.16. The van der Waals surface area contributed by atoms with Crippen LogP contribution in [0.25, 0.3) is 0 Å². The normalized spacial score (nSPS) is 22.9. The molecule has 0 bridgehead atoms. The maximum absolute atomic E-state index is 5.83. The summed E-state index contributed by atoms with van der Waals surface area (Å²) in [6.45, 7) is 12.7. The van der Waals surface area contributed by atoms with Crippen LogP contribution in [0.3, 0.4) is 0 Å². The summed E-state index contributed by atoms with van der Waals surface area (Å²) >= 11 is 1.73. The third-order valence-corrected chi connectivity index (χ3v) is 4.10. The van der Waals surface area contributed by atoms with E-state index in [-0.39, 0.29) is 11.5 Å². The zero-order chi connectivity index (χ0) is 12.5. The number of aromatic nitrogens is 1. The Bertz CT molecular complexity index is 370. The molecule has 3 nitrogen and oxygen atoms in total. The van der Waals surface area contributed by atoms with E-state index < -0.39 is 0 Å². The fourth-order valence-corrected chi connectivity index (χ4v) is 3.00. The second-order valence-corrected chi connectivity index (χ2v) is 6.46. The molecule has 0 spiro atoms. The Labute approximate surface area is 108 Å². The monoisotopic (exact) mass is 254 g/mol. The van der Waals surface area contributed by atoms with Crippen LogP contribution in [0.1, 0.15) is 44.5 Å². The van der Waals surface area contributed by atoms with Gasteiger partial charge in [0.15, 0.2) is 0 Å². The molecule has 1 saturated heterocycles. The van der Waals surface area contributed by atoms with Crippen LogP contribution in [-0.4, -0.2) is 36.1 Å². The fourth-order valence-electron chi connectivity index (χ4n) is 1.92. The molecule has 1 aliphatic heterocycles. The van der Waals surface area contributed by atoms with Crippen LogP contribution in [0.4, 0.5) is 0 Å². The van der Waals surface area contributed by atoms with Crippen LogP contribution in [0.5, 0.6) is 0 Å². The molecule has 17 heavy (non-hydrogen) atoms. The van der Waals surface area contributed by atoms with E-state index in [4.69, 9.17) is 9.72 Å². The SMILES string of the molecule is CCN1CCOC(c2nc(C(C)(C)C)cs2)C1. The van der Waals surface area contributed by atoms with Crippen LogP contribution in [-0.2, 0) is 10.2 Å². The molecular weight excluding hydrogens is 232 g/mol. The van der Waals surface area contributed by atoms with Gasteiger partial charge in [0.2, 0.25) is 0 Å². The molecule has 1 fully saturated rings. The molecule has 0 aliphatic carbocycles. The molecule has 0 N–H and O–H groups in total. The number of nitrogens with zero attached hydrogens (tertiary/aromatic N) is 2. The Balaban J connectivity index is 2.09. The van der Waals surface area contributed by atoms with E-state index in [9.17, 15) is 0 Å². The molecule has 0 radical (unpaired) electrons. The van der Waals surface area contributed by atoms with Gasteiger partial charge >= 0.3 is 0 Å². The largest absolute Gasteiger partial charge is 0.368 e. The molecule has 1 aromatic rings. The van der Waals surface area contributed by atoms with Gasteiger partial charge in [0, 0.05) is 23.9 Å². The lowest BCUT2D eigenvalue weighted by Crippen LogP contribution is -2.38. The van der Waals surface area contributed by atoms with Gasteiger partial charge in [-0.2, -0.15) is 0 Å². The minimum absolute atomic E-state index is 0.133. The quantitative estimate of drug-likeness (QED) is 0.811. The highest BCUT2D eigenvalue weighted by atomic mass is 32.1. The van der Waals surface area contributed by atoms with Crippen LogP contribution < -0.4 is 0 Å². The summed E-state index contributed by atoms with van der Waals surface area (Å²) in [6.07, 6.45) is 0.171. The zero-order valence-corrected chi connectivity index (χ0v) is 12.0. The Hall–Kier alpha value is -0.450. The van der Waals surface area contributed by atoms with Gasteiger partial charge in [0.1, 0.15) is 11.1 Å². The Kier molecular flexibility index (Phi) is 3.85. The summed E-state index contributed by atoms with van der Waals surface area (Å²) in [7, 11) is 0. The van der Waals surface area contributed by atoms with Gasteiger partial charge in [-0.15, -0.1) is 11.3 Å². The molecular formula is C13H22N2OS. The molecule has 1 atom stereocenters. The number of morpholine rings is 1. The molecule has 2 rings (SSSR count).